The van der Waals surface area contributed by atoms with E-state index in [4.69, 9.17) is 5.73 Å². The molecule has 1 amide bonds. The number of nitrogens with two attached hydrogens (primary N) is 1. The van der Waals surface area contributed by atoms with E-state index in [1.165, 1.54) is 6.42 Å². The average molecular weight is 296 g/mol. The molecule has 0 saturated heterocycles. The van der Waals surface area contributed by atoms with Crippen LogP contribution in [0.1, 0.15) is 19.3 Å². The van der Waals surface area contributed by atoms with Gasteiger partial charge in [-0.15, -0.1) is 0 Å². The van der Waals surface area contributed by atoms with E-state index in [1.54, 1.807) is 12.4 Å². The summed E-state index contributed by atoms with van der Waals surface area (Å²) in [6.45, 7) is 0. The van der Waals surface area contributed by atoms with Gasteiger partial charge in [0.2, 0.25) is 5.91 Å². The van der Waals surface area contributed by atoms with Crippen LogP contribution in [0.15, 0.2) is 36.7 Å². The number of carbonyl (C=O) groups excluding carboxylic acids is 1. The zero-order chi connectivity index (χ0) is 15.1. The monoisotopic (exact) mass is 296 g/mol. The highest BCUT2D eigenvalue weighted by atomic mass is 16.2. The first-order valence-corrected chi connectivity index (χ1v) is 7.88. The predicted octanol–water partition coefficient (Wildman–Crippen LogP) is 2.39. The van der Waals surface area contributed by atoms with Crippen molar-refractivity contribution in [1.82, 2.24) is 9.97 Å². The van der Waals surface area contributed by atoms with Crippen molar-refractivity contribution in [3.05, 3.63) is 36.7 Å². The minimum absolute atomic E-state index is 0.0204. The van der Waals surface area contributed by atoms with E-state index < -0.39 is 0 Å². The summed E-state index contributed by atoms with van der Waals surface area (Å²) >= 11 is 0. The molecule has 2 bridgehead atoms. The molecule has 4 unspecified atom stereocenters. The van der Waals surface area contributed by atoms with Gasteiger partial charge in [0.1, 0.15) is 5.82 Å². The van der Waals surface area contributed by atoms with Crippen LogP contribution in [0.4, 0.5) is 5.69 Å². The molecule has 5 nitrogen and oxygen atoms in total. The van der Waals surface area contributed by atoms with Crippen molar-refractivity contribution in [2.75, 3.05) is 5.32 Å². The van der Waals surface area contributed by atoms with Crippen molar-refractivity contribution >= 4 is 11.6 Å². The molecule has 2 fully saturated rings. The van der Waals surface area contributed by atoms with E-state index in [0.29, 0.717) is 11.8 Å². The molecular weight excluding hydrogens is 276 g/mol. The van der Waals surface area contributed by atoms with Crippen LogP contribution in [-0.2, 0) is 4.79 Å². The van der Waals surface area contributed by atoms with Crippen molar-refractivity contribution < 1.29 is 4.79 Å². The Labute approximate surface area is 129 Å². The Hall–Kier alpha value is -2.14. The normalized spacial score (nSPS) is 29.7. The van der Waals surface area contributed by atoms with Crippen molar-refractivity contribution in [3.8, 4) is 11.4 Å². The molecule has 4 atom stereocenters. The smallest absolute Gasteiger partial charge is 0.229 e. The van der Waals surface area contributed by atoms with Gasteiger partial charge in [0.15, 0.2) is 0 Å². The van der Waals surface area contributed by atoms with E-state index >= 15 is 0 Å². The number of aromatic nitrogens is 2. The molecule has 1 aromatic heterocycles. The molecule has 22 heavy (non-hydrogen) atoms. The number of nitrogens with zero attached hydrogens (tertiary/aromatic N) is 1. The summed E-state index contributed by atoms with van der Waals surface area (Å²) in [5, 5.41) is 3.04. The van der Waals surface area contributed by atoms with Gasteiger partial charge < -0.3 is 16.0 Å². The van der Waals surface area contributed by atoms with Crippen molar-refractivity contribution in [2.24, 2.45) is 23.5 Å². The van der Waals surface area contributed by atoms with E-state index in [2.05, 4.69) is 15.3 Å². The fraction of sp³-hybridized carbons (Fsp3) is 0.412. The van der Waals surface area contributed by atoms with Gasteiger partial charge in [0, 0.05) is 29.7 Å². The number of carbonyl (C=O) groups is 1. The molecule has 1 heterocycles. The van der Waals surface area contributed by atoms with Crippen LogP contribution in [0, 0.1) is 17.8 Å². The lowest BCUT2D eigenvalue weighted by atomic mass is 9.84. The molecule has 114 valence electrons. The van der Waals surface area contributed by atoms with Crippen LogP contribution in [0.5, 0.6) is 0 Å². The Morgan fingerprint density at radius 3 is 2.91 bits per heavy atom. The van der Waals surface area contributed by atoms with Crippen molar-refractivity contribution in [2.45, 2.75) is 25.3 Å². The second-order valence-electron chi connectivity index (χ2n) is 6.44. The summed E-state index contributed by atoms with van der Waals surface area (Å²) in [6, 6.07) is 7.76. The van der Waals surface area contributed by atoms with E-state index in [9.17, 15) is 4.79 Å². The van der Waals surface area contributed by atoms with Gasteiger partial charge in [0.05, 0.1) is 5.92 Å². The molecule has 0 spiro atoms. The number of imidazole rings is 1. The second-order valence-corrected chi connectivity index (χ2v) is 6.44. The molecular formula is C17H20N4O. The highest BCUT2D eigenvalue weighted by molar-refractivity contribution is 5.94. The minimum atomic E-state index is -0.0361. The first-order chi connectivity index (χ1) is 10.7. The summed E-state index contributed by atoms with van der Waals surface area (Å²) < 4.78 is 0. The summed E-state index contributed by atoms with van der Waals surface area (Å²) in [7, 11) is 0. The third-order valence-electron chi connectivity index (χ3n) is 5.19. The number of hydrogen-bond donors (Lipinski definition) is 3. The van der Waals surface area contributed by atoms with Gasteiger partial charge in [-0.3, -0.25) is 4.79 Å². The van der Waals surface area contributed by atoms with Crippen LogP contribution in [0.2, 0.25) is 0 Å². The lowest BCUT2D eigenvalue weighted by Gasteiger charge is -2.27. The maximum Gasteiger partial charge on any atom is 0.229 e. The van der Waals surface area contributed by atoms with Gasteiger partial charge in [0.25, 0.3) is 0 Å². The highest BCUT2D eigenvalue weighted by Crippen LogP contribution is 2.47. The predicted molar refractivity (Wildman–Crippen MR) is 84.9 cm³/mol. The fourth-order valence-corrected chi connectivity index (χ4v) is 4.12. The SMILES string of the molecule is NC1C2CCC(C2)C1C(=O)Nc1cccc(-c2ncc[nH]2)c1. The number of nitrogens with one attached hydrogen (secondary N) is 2. The number of aromatic amines is 1. The summed E-state index contributed by atoms with van der Waals surface area (Å²) in [4.78, 5) is 19.9. The van der Waals surface area contributed by atoms with Crippen LogP contribution in [0.3, 0.4) is 0 Å². The van der Waals surface area contributed by atoms with Crippen LogP contribution in [-0.4, -0.2) is 21.9 Å². The second kappa shape index (κ2) is 5.25. The molecule has 2 aromatic rings. The third-order valence-corrected chi connectivity index (χ3v) is 5.19. The molecule has 5 heteroatoms. The molecule has 4 rings (SSSR count). The minimum Gasteiger partial charge on any atom is -0.345 e. The first-order valence-electron chi connectivity index (χ1n) is 7.88. The topological polar surface area (TPSA) is 83.8 Å². The summed E-state index contributed by atoms with van der Waals surface area (Å²) in [6.07, 6.45) is 6.95. The Morgan fingerprint density at radius 2 is 2.18 bits per heavy atom. The number of hydrogen-bond acceptors (Lipinski definition) is 3. The standard InChI is InChI=1S/C17H20N4O/c18-15-11-5-4-10(8-11)14(15)17(22)21-13-3-1-2-12(9-13)16-19-6-7-20-16/h1-3,6-7,9-11,14-15H,4-5,8,18H2,(H,19,20)(H,21,22). The van der Waals surface area contributed by atoms with Crippen molar-refractivity contribution in [1.29, 1.82) is 0 Å². The zero-order valence-electron chi connectivity index (χ0n) is 12.3. The fourth-order valence-electron chi connectivity index (χ4n) is 4.12. The molecule has 2 aliphatic carbocycles. The number of fused-ring (bicyclic) bond motifs is 2. The van der Waals surface area contributed by atoms with Gasteiger partial charge in [-0.2, -0.15) is 0 Å². The zero-order valence-corrected chi connectivity index (χ0v) is 12.3. The number of H-pyrrole nitrogens is 1. The first kappa shape index (κ1) is 13.5. The Morgan fingerprint density at radius 1 is 1.32 bits per heavy atom. The van der Waals surface area contributed by atoms with E-state index in [-0.39, 0.29) is 17.9 Å². The molecule has 4 N–H and O–H groups in total. The largest absolute Gasteiger partial charge is 0.345 e. The lowest BCUT2D eigenvalue weighted by molar-refractivity contribution is -0.121. The Kier molecular flexibility index (Phi) is 3.22. The number of rotatable bonds is 3. The maximum absolute atomic E-state index is 12.6. The van der Waals surface area contributed by atoms with Gasteiger partial charge in [-0.05, 0) is 43.2 Å². The van der Waals surface area contributed by atoms with Crippen LogP contribution < -0.4 is 11.1 Å². The van der Waals surface area contributed by atoms with Gasteiger partial charge >= 0.3 is 0 Å². The number of benzene rings is 1. The van der Waals surface area contributed by atoms with Crippen LogP contribution in [0.25, 0.3) is 11.4 Å². The van der Waals surface area contributed by atoms with Gasteiger partial charge in [-0.1, -0.05) is 12.1 Å². The summed E-state index contributed by atoms with van der Waals surface area (Å²) in [5.74, 6) is 1.83. The van der Waals surface area contributed by atoms with Crippen LogP contribution >= 0.6 is 0 Å². The maximum atomic E-state index is 12.6. The van der Waals surface area contributed by atoms with E-state index in [0.717, 1.165) is 29.9 Å². The number of amides is 1. The van der Waals surface area contributed by atoms with Crippen molar-refractivity contribution in [3.63, 3.8) is 0 Å². The summed E-state index contributed by atoms with van der Waals surface area (Å²) in [5.41, 5.74) is 8.01. The average Bonchev–Trinajstić information content (AvgIpc) is 3.24. The van der Waals surface area contributed by atoms with E-state index in [1.807, 2.05) is 24.3 Å². The molecule has 2 aliphatic rings. The van der Waals surface area contributed by atoms with Gasteiger partial charge in [-0.25, -0.2) is 4.98 Å². The Balaban J connectivity index is 1.52. The molecule has 0 aliphatic heterocycles. The molecule has 0 radical (unpaired) electrons. The lowest BCUT2D eigenvalue weighted by Crippen LogP contribution is -2.42. The molecule has 2 saturated carbocycles. The quantitative estimate of drug-likeness (QED) is 0.813. The number of anilines is 1. The molecule has 1 aromatic carbocycles. The Bertz CT molecular complexity index is 680. The highest BCUT2D eigenvalue weighted by Gasteiger charge is 2.49. The third kappa shape index (κ3) is 2.22.